The standard InChI is InChI=1S/C13H19ClN2O2/c1-3-16-9(2)11-8-10(14)4-5-12(11)18-7-6-13(15)17/h4-5,8-9,16H,3,6-7H2,1-2H3,(H2,15,17). The van der Waals surface area contributed by atoms with E-state index in [2.05, 4.69) is 5.32 Å². The number of amides is 1. The quantitative estimate of drug-likeness (QED) is 0.799. The van der Waals surface area contributed by atoms with Crippen molar-refractivity contribution in [3.8, 4) is 5.75 Å². The second-order valence-corrected chi connectivity index (χ2v) is 4.46. The molecule has 0 radical (unpaired) electrons. The smallest absolute Gasteiger partial charge is 0.220 e. The van der Waals surface area contributed by atoms with Crippen LogP contribution in [0.5, 0.6) is 5.75 Å². The van der Waals surface area contributed by atoms with Gasteiger partial charge in [0.25, 0.3) is 0 Å². The molecule has 0 heterocycles. The fraction of sp³-hybridized carbons (Fsp3) is 0.462. The summed E-state index contributed by atoms with van der Waals surface area (Å²) < 4.78 is 5.57. The average molecular weight is 271 g/mol. The number of primary amides is 1. The first kappa shape index (κ1) is 14.8. The molecule has 1 aromatic carbocycles. The Kier molecular flexibility index (Phi) is 5.95. The number of benzene rings is 1. The number of hydrogen-bond donors (Lipinski definition) is 2. The number of ether oxygens (including phenoxy) is 1. The number of carbonyl (C=O) groups excluding carboxylic acids is 1. The molecule has 1 unspecified atom stereocenters. The maximum Gasteiger partial charge on any atom is 0.220 e. The van der Waals surface area contributed by atoms with Crippen molar-refractivity contribution in [1.29, 1.82) is 0 Å². The molecule has 0 aromatic heterocycles. The normalized spacial score (nSPS) is 12.2. The van der Waals surface area contributed by atoms with Crippen LogP contribution in [0.3, 0.4) is 0 Å². The van der Waals surface area contributed by atoms with Gasteiger partial charge in [0, 0.05) is 16.6 Å². The van der Waals surface area contributed by atoms with Crippen molar-refractivity contribution in [3.05, 3.63) is 28.8 Å². The van der Waals surface area contributed by atoms with Gasteiger partial charge in [-0.3, -0.25) is 4.79 Å². The molecular formula is C13H19ClN2O2. The third-order valence-corrected chi connectivity index (χ3v) is 2.79. The van der Waals surface area contributed by atoms with E-state index in [1.807, 2.05) is 26.0 Å². The number of hydrogen-bond acceptors (Lipinski definition) is 3. The minimum Gasteiger partial charge on any atom is -0.493 e. The highest BCUT2D eigenvalue weighted by molar-refractivity contribution is 6.30. The van der Waals surface area contributed by atoms with Crippen molar-refractivity contribution in [2.45, 2.75) is 26.3 Å². The van der Waals surface area contributed by atoms with E-state index >= 15 is 0 Å². The first-order valence-corrected chi connectivity index (χ1v) is 6.36. The van der Waals surface area contributed by atoms with Crippen LogP contribution in [0.4, 0.5) is 0 Å². The molecule has 0 spiro atoms. The molecule has 4 nitrogen and oxygen atoms in total. The van der Waals surface area contributed by atoms with Crippen LogP contribution in [0.25, 0.3) is 0 Å². The van der Waals surface area contributed by atoms with Crippen molar-refractivity contribution in [2.75, 3.05) is 13.2 Å². The Bertz CT molecular complexity index is 410. The molecule has 1 rings (SSSR count). The van der Waals surface area contributed by atoms with E-state index in [1.54, 1.807) is 6.07 Å². The minimum absolute atomic E-state index is 0.136. The third kappa shape index (κ3) is 4.55. The second kappa shape index (κ2) is 7.24. The van der Waals surface area contributed by atoms with E-state index in [1.165, 1.54) is 0 Å². The Morgan fingerprint density at radius 2 is 2.28 bits per heavy atom. The molecule has 100 valence electrons. The summed E-state index contributed by atoms with van der Waals surface area (Å²) in [5.74, 6) is 0.361. The van der Waals surface area contributed by atoms with Crippen molar-refractivity contribution in [3.63, 3.8) is 0 Å². The topological polar surface area (TPSA) is 64.3 Å². The number of nitrogens with one attached hydrogen (secondary N) is 1. The first-order chi connectivity index (χ1) is 8.54. The van der Waals surface area contributed by atoms with Crippen LogP contribution in [0.1, 0.15) is 31.9 Å². The highest BCUT2D eigenvalue weighted by atomic mass is 35.5. The zero-order chi connectivity index (χ0) is 13.5. The lowest BCUT2D eigenvalue weighted by molar-refractivity contribution is -0.118. The fourth-order valence-electron chi connectivity index (χ4n) is 1.67. The molecule has 1 aromatic rings. The van der Waals surface area contributed by atoms with Crippen LogP contribution in [0, 0.1) is 0 Å². The molecule has 5 heteroatoms. The van der Waals surface area contributed by atoms with Gasteiger partial charge >= 0.3 is 0 Å². The Morgan fingerprint density at radius 3 is 2.89 bits per heavy atom. The van der Waals surface area contributed by atoms with Crippen molar-refractivity contribution >= 4 is 17.5 Å². The lowest BCUT2D eigenvalue weighted by Gasteiger charge is -2.17. The Hall–Kier alpha value is -1.26. The molecule has 1 amide bonds. The summed E-state index contributed by atoms with van der Waals surface area (Å²) in [6.07, 6.45) is 0.206. The van der Waals surface area contributed by atoms with Gasteiger partial charge in [0.15, 0.2) is 0 Å². The first-order valence-electron chi connectivity index (χ1n) is 5.98. The van der Waals surface area contributed by atoms with Gasteiger partial charge in [-0.05, 0) is 31.7 Å². The summed E-state index contributed by atoms with van der Waals surface area (Å²) >= 11 is 5.99. The highest BCUT2D eigenvalue weighted by Gasteiger charge is 2.11. The zero-order valence-electron chi connectivity index (χ0n) is 10.7. The molecular weight excluding hydrogens is 252 g/mol. The summed E-state index contributed by atoms with van der Waals surface area (Å²) in [5.41, 5.74) is 6.05. The minimum atomic E-state index is -0.370. The SMILES string of the molecule is CCNC(C)c1cc(Cl)ccc1OCCC(N)=O. The van der Waals surface area contributed by atoms with Gasteiger partial charge in [-0.25, -0.2) is 0 Å². The van der Waals surface area contributed by atoms with Gasteiger partial charge in [-0.15, -0.1) is 0 Å². The molecule has 0 saturated heterocycles. The van der Waals surface area contributed by atoms with Crippen LogP contribution in [0.2, 0.25) is 5.02 Å². The maximum absolute atomic E-state index is 10.7. The van der Waals surface area contributed by atoms with Crippen LogP contribution in [-0.4, -0.2) is 19.1 Å². The summed E-state index contributed by atoms with van der Waals surface area (Å²) in [6.45, 7) is 5.21. The van der Waals surface area contributed by atoms with Gasteiger partial charge in [0.2, 0.25) is 5.91 Å². The number of carbonyl (C=O) groups is 1. The number of nitrogens with two attached hydrogens (primary N) is 1. The fourth-order valence-corrected chi connectivity index (χ4v) is 1.85. The van der Waals surface area contributed by atoms with E-state index in [0.29, 0.717) is 5.02 Å². The monoisotopic (exact) mass is 270 g/mol. The highest BCUT2D eigenvalue weighted by Crippen LogP contribution is 2.28. The Morgan fingerprint density at radius 1 is 1.56 bits per heavy atom. The Labute approximate surface area is 112 Å². The summed E-state index contributed by atoms with van der Waals surface area (Å²) in [6, 6.07) is 5.59. The molecule has 0 aliphatic heterocycles. The molecule has 0 fully saturated rings. The second-order valence-electron chi connectivity index (χ2n) is 4.03. The maximum atomic E-state index is 10.7. The van der Waals surface area contributed by atoms with Crippen molar-refractivity contribution in [1.82, 2.24) is 5.32 Å². The van der Waals surface area contributed by atoms with Crippen LogP contribution < -0.4 is 15.8 Å². The van der Waals surface area contributed by atoms with Gasteiger partial charge in [-0.1, -0.05) is 18.5 Å². The summed E-state index contributed by atoms with van der Waals surface area (Å²) in [7, 11) is 0. The van der Waals surface area contributed by atoms with Crippen LogP contribution in [-0.2, 0) is 4.79 Å². The molecule has 0 saturated carbocycles. The lowest BCUT2D eigenvalue weighted by Crippen LogP contribution is -2.19. The molecule has 1 atom stereocenters. The Balaban J connectivity index is 2.79. The molecule has 0 bridgehead atoms. The van der Waals surface area contributed by atoms with Gasteiger partial charge in [-0.2, -0.15) is 0 Å². The van der Waals surface area contributed by atoms with Crippen LogP contribution >= 0.6 is 11.6 Å². The van der Waals surface area contributed by atoms with Gasteiger partial charge in [0.05, 0.1) is 13.0 Å². The molecule has 0 aliphatic carbocycles. The number of halogens is 1. The van der Waals surface area contributed by atoms with Crippen LogP contribution in [0.15, 0.2) is 18.2 Å². The van der Waals surface area contributed by atoms with Gasteiger partial charge < -0.3 is 15.8 Å². The summed E-state index contributed by atoms with van der Waals surface area (Å²) in [4.78, 5) is 10.7. The predicted octanol–water partition coefficient (Wildman–Crippen LogP) is 2.26. The third-order valence-electron chi connectivity index (χ3n) is 2.55. The average Bonchev–Trinajstić information content (AvgIpc) is 2.31. The van der Waals surface area contributed by atoms with Gasteiger partial charge in [0.1, 0.15) is 5.75 Å². The molecule has 3 N–H and O–H groups in total. The van der Waals surface area contributed by atoms with E-state index < -0.39 is 0 Å². The lowest BCUT2D eigenvalue weighted by atomic mass is 10.1. The van der Waals surface area contributed by atoms with E-state index in [0.717, 1.165) is 17.9 Å². The molecule has 18 heavy (non-hydrogen) atoms. The number of rotatable bonds is 7. The van der Waals surface area contributed by atoms with Crippen molar-refractivity contribution < 1.29 is 9.53 Å². The van der Waals surface area contributed by atoms with E-state index in [-0.39, 0.29) is 25.0 Å². The summed E-state index contributed by atoms with van der Waals surface area (Å²) in [5, 5.41) is 3.96. The predicted molar refractivity (Wildman–Crippen MR) is 72.9 cm³/mol. The van der Waals surface area contributed by atoms with E-state index in [9.17, 15) is 4.79 Å². The van der Waals surface area contributed by atoms with Crippen molar-refractivity contribution in [2.24, 2.45) is 5.73 Å². The van der Waals surface area contributed by atoms with E-state index in [4.69, 9.17) is 22.1 Å². The molecule has 0 aliphatic rings. The largest absolute Gasteiger partial charge is 0.493 e. The zero-order valence-corrected chi connectivity index (χ0v) is 11.5.